The third-order valence-electron chi connectivity index (χ3n) is 11.3. The van der Waals surface area contributed by atoms with Gasteiger partial charge in [0.2, 0.25) is 0 Å². The summed E-state index contributed by atoms with van der Waals surface area (Å²) in [6.07, 6.45) is 10.3. The van der Waals surface area contributed by atoms with E-state index in [1.165, 1.54) is 6.42 Å². The van der Waals surface area contributed by atoms with Gasteiger partial charge in [0, 0.05) is 17.6 Å². The van der Waals surface area contributed by atoms with E-state index >= 15 is 0 Å². The van der Waals surface area contributed by atoms with E-state index in [0.29, 0.717) is 35.3 Å². The van der Waals surface area contributed by atoms with Crippen LogP contribution in [0.4, 0.5) is 0 Å². The van der Waals surface area contributed by atoms with Gasteiger partial charge in [-0.2, -0.15) is 0 Å². The fourth-order valence-corrected chi connectivity index (χ4v) is 9.02. The highest BCUT2D eigenvalue weighted by molar-refractivity contribution is 5.87. The van der Waals surface area contributed by atoms with Crippen LogP contribution in [0.25, 0.3) is 0 Å². The summed E-state index contributed by atoms with van der Waals surface area (Å²) in [7, 11) is 0. The predicted octanol–water partition coefficient (Wildman–Crippen LogP) is 6.95. The first-order chi connectivity index (χ1) is 16.7. The maximum absolute atomic E-state index is 11.9. The Morgan fingerprint density at radius 1 is 0.972 bits per heavy atom. The number of carboxylic acids is 3. The number of allylic oxidation sites excluding steroid dienone is 2. The molecule has 0 bridgehead atoms. The van der Waals surface area contributed by atoms with Gasteiger partial charge in [-0.15, -0.1) is 0 Å². The average molecular weight is 503 g/mol. The summed E-state index contributed by atoms with van der Waals surface area (Å²) in [4.78, 5) is 34.6. The Kier molecular flexibility index (Phi) is 8.17. The van der Waals surface area contributed by atoms with E-state index in [0.717, 1.165) is 50.5 Å². The highest BCUT2D eigenvalue weighted by Crippen LogP contribution is 2.74. The van der Waals surface area contributed by atoms with E-state index < -0.39 is 17.9 Å². The van der Waals surface area contributed by atoms with Crippen molar-refractivity contribution in [2.24, 2.45) is 39.9 Å². The second-order valence-electron chi connectivity index (χ2n) is 12.8. The second kappa shape index (κ2) is 10.3. The van der Waals surface area contributed by atoms with Crippen molar-refractivity contribution in [1.82, 2.24) is 0 Å². The first-order valence-electron chi connectivity index (χ1n) is 13.7. The van der Waals surface area contributed by atoms with E-state index in [2.05, 4.69) is 27.7 Å². The number of hydrogen-bond donors (Lipinski definition) is 3. The molecule has 3 saturated carbocycles. The molecule has 6 nitrogen and oxygen atoms in total. The Hall–Kier alpha value is -2.11. The predicted molar refractivity (Wildman–Crippen MR) is 139 cm³/mol. The summed E-state index contributed by atoms with van der Waals surface area (Å²) in [5, 5.41) is 28.4. The first-order valence-corrected chi connectivity index (χ1v) is 13.7. The zero-order chi connectivity index (χ0) is 27.1. The maximum atomic E-state index is 11.9. The Balaban J connectivity index is 1.90. The van der Waals surface area contributed by atoms with Crippen LogP contribution in [0.3, 0.4) is 0 Å². The molecule has 3 aliphatic rings. The van der Waals surface area contributed by atoms with Crippen molar-refractivity contribution < 1.29 is 29.7 Å². The lowest BCUT2D eigenvalue weighted by Crippen LogP contribution is -2.57. The van der Waals surface area contributed by atoms with Gasteiger partial charge in [-0.05, 0) is 112 Å². The van der Waals surface area contributed by atoms with Crippen molar-refractivity contribution in [1.29, 1.82) is 0 Å². The van der Waals surface area contributed by atoms with E-state index in [1.54, 1.807) is 13.8 Å². The van der Waals surface area contributed by atoms with E-state index in [-0.39, 0.29) is 28.6 Å². The topological polar surface area (TPSA) is 112 Å². The molecule has 3 aliphatic carbocycles. The third-order valence-corrected chi connectivity index (χ3v) is 11.3. The lowest BCUT2D eigenvalue weighted by atomic mass is 9.40. The molecule has 3 N–H and O–H groups in total. The van der Waals surface area contributed by atoms with Gasteiger partial charge < -0.3 is 15.3 Å². The fraction of sp³-hybridized carbons (Fsp3) is 0.767. The van der Waals surface area contributed by atoms with Crippen molar-refractivity contribution in [3.63, 3.8) is 0 Å². The van der Waals surface area contributed by atoms with E-state index in [1.807, 2.05) is 6.08 Å². The number of hydrogen-bond acceptors (Lipinski definition) is 3. The number of rotatable bonds is 9. The standard InChI is InChI=1S/C30H46O6/c1-18(8-7-9-19(2)26(33)34)22-14-15-30(6)24-12-10-21(20(3)27(35)36)23(11-13-25(31)32)28(24,4)16-17-29(22,30)5/h9,18,22-24H,7-8,10-17H2,1-6H3,(H,31,32)(H,33,34)(H,35,36)/b19-9+,21-20-/t18?,22-,23-,24-,28+,29-,30+/m1/s1. The molecule has 0 heterocycles. The van der Waals surface area contributed by atoms with Crippen molar-refractivity contribution in [2.75, 3.05) is 0 Å². The Morgan fingerprint density at radius 3 is 2.22 bits per heavy atom. The third kappa shape index (κ3) is 4.77. The van der Waals surface area contributed by atoms with Crippen LogP contribution in [-0.4, -0.2) is 33.2 Å². The van der Waals surface area contributed by atoms with Gasteiger partial charge in [-0.1, -0.05) is 39.3 Å². The van der Waals surface area contributed by atoms with Crippen LogP contribution in [0.15, 0.2) is 22.8 Å². The minimum atomic E-state index is -0.888. The largest absolute Gasteiger partial charge is 0.481 e. The molecular formula is C30H46O6. The molecule has 0 radical (unpaired) electrons. The van der Waals surface area contributed by atoms with Gasteiger partial charge in [0.25, 0.3) is 0 Å². The Bertz CT molecular complexity index is 962. The number of carboxylic acid groups (broad SMARTS) is 3. The molecule has 0 aromatic rings. The molecule has 7 atom stereocenters. The smallest absolute Gasteiger partial charge is 0.331 e. The number of carbonyl (C=O) groups is 3. The summed E-state index contributed by atoms with van der Waals surface area (Å²) in [5.41, 5.74) is 1.98. The molecule has 3 fully saturated rings. The second-order valence-corrected chi connectivity index (χ2v) is 12.8. The molecule has 0 aliphatic heterocycles. The van der Waals surface area contributed by atoms with Crippen LogP contribution in [0.2, 0.25) is 0 Å². The van der Waals surface area contributed by atoms with Crippen LogP contribution >= 0.6 is 0 Å². The molecular weight excluding hydrogens is 456 g/mol. The molecule has 0 amide bonds. The van der Waals surface area contributed by atoms with Gasteiger partial charge in [-0.25, -0.2) is 9.59 Å². The SMILES string of the molecule is C/C(C(=O)O)=C1\CC[C@@H]2[C@@](C)(CC[C@]3(C)[C@@H](C(C)CC/C=C(\C)C(=O)O)CC[C@@]23C)[C@@H]1CCC(=O)O. The number of fused-ring (bicyclic) bond motifs is 3. The zero-order valence-corrected chi connectivity index (χ0v) is 23.0. The maximum Gasteiger partial charge on any atom is 0.331 e. The minimum Gasteiger partial charge on any atom is -0.481 e. The summed E-state index contributed by atoms with van der Waals surface area (Å²) in [6, 6.07) is 0. The summed E-state index contributed by atoms with van der Waals surface area (Å²) >= 11 is 0. The van der Waals surface area contributed by atoms with Crippen LogP contribution in [0.5, 0.6) is 0 Å². The molecule has 0 saturated heterocycles. The van der Waals surface area contributed by atoms with Crippen molar-refractivity contribution in [3.05, 3.63) is 22.8 Å². The number of aliphatic carboxylic acids is 3. The zero-order valence-electron chi connectivity index (χ0n) is 23.0. The van der Waals surface area contributed by atoms with Crippen LogP contribution < -0.4 is 0 Å². The quantitative estimate of drug-likeness (QED) is 0.294. The Morgan fingerprint density at radius 2 is 1.64 bits per heavy atom. The normalized spacial score (nSPS) is 38.6. The fourth-order valence-electron chi connectivity index (χ4n) is 9.02. The molecule has 1 unspecified atom stereocenters. The van der Waals surface area contributed by atoms with Crippen molar-refractivity contribution in [2.45, 2.75) is 106 Å². The monoisotopic (exact) mass is 502 g/mol. The summed E-state index contributed by atoms with van der Waals surface area (Å²) in [6.45, 7) is 12.9. The van der Waals surface area contributed by atoms with Gasteiger partial charge in [-0.3, -0.25) is 4.79 Å². The molecule has 0 aromatic carbocycles. The molecule has 6 heteroatoms. The molecule has 202 valence electrons. The lowest BCUT2D eigenvalue weighted by molar-refractivity contribution is -0.148. The Labute approximate surface area is 216 Å². The van der Waals surface area contributed by atoms with Crippen LogP contribution in [0.1, 0.15) is 106 Å². The van der Waals surface area contributed by atoms with Crippen LogP contribution in [0, 0.1) is 39.9 Å². The van der Waals surface area contributed by atoms with Gasteiger partial charge in [0.15, 0.2) is 0 Å². The first kappa shape index (κ1) is 28.5. The molecule has 0 spiro atoms. The van der Waals surface area contributed by atoms with E-state index in [9.17, 15) is 24.6 Å². The highest BCUT2D eigenvalue weighted by Gasteiger charge is 2.66. The van der Waals surface area contributed by atoms with E-state index in [4.69, 9.17) is 5.11 Å². The summed E-state index contributed by atoms with van der Waals surface area (Å²) in [5.74, 6) is -1.07. The molecule has 0 aromatic heterocycles. The van der Waals surface area contributed by atoms with Crippen LogP contribution in [-0.2, 0) is 14.4 Å². The lowest BCUT2D eigenvalue weighted by Gasteiger charge is -2.65. The molecule has 3 rings (SSSR count). The minimum absolute atomic E-state index is 0.00886. The van der Waals surface area contributed by atoms with Gasteiger partial charge >= 0.3 is 17.9 Å². The molecule has 36 heavy (non-hydrogen) atoms. The van der Waals surface area contributed by atoms with Gasteiger partial charge in [0.05, 0.1) is 0 Å². The summed E-state index contributed by atoms with van der Waals surface area (Å²) < 4.78 is 0. The average Bonchev–Trinajstić information content (AvgIpc) is 3.07. The highest BCUT2D eigenvalue weighted by atomic mass is 16.4. The van der Waals surface area contributed by atoms with Gasteiger partial charge in [0.1, 0.15) is 0 Å². The van der Waals surface area contributed by atoms with Crippen molar-refractivity contribution >= 4 is 17.9 Å². The van der Waals surface area contributed by atoms with Crippen molar-refractivity contribution in [3.8, 4) is 0 Å².